The van der Waals surface area contributed by atoms with Crippen molar-refractivity contribution in [1.29, 1.82) is 0 Å². The van der Waals surface area contributed by atoms with Crippen LogP contribution in [-0.2, 0) is 18.3 Å². The Labute approximate surface area is 211 Å². The summed E-state index contributed by atoms with van der Waals surface area (Å²) in [6, 6.07) is 9.93. The molecule has 7 nitrogen and oxygen atoms in total. The predicted octanol–water partition coefficient (Wildman–Crippen LogP) is 5.52. The molecule has 192 valence electrons. The van der Waals surface area contributed by atoms with Crippen LogP contribution in [0.15, 0.2) is 52.2 Å². The van der Waals surface area contributed by atoms with Gasteiger partial charge in [0, 0.05) is 44.0 Å². The molecule has 0 unspecified atom stereocenters. The van der Waals surface area contributed by atoms with Crippen LogP contribution in [0.25, 0.3) is 0 Å². The molecule has 1 N–H and O–H groups in total. The van der Waals surface area contributed by atoms with Crippen LogP contribution in [0.4, 0.5) is 19.0 Å². The summed E-state index contributed by atoms with van der Waals surface area (Å²) in [5, 5.41) is 2.79. The van der Waals surface area contributed by atoms with Crippen LogP contribution in [0.2, 0.25) is 0 Å². The maximum Gasteiger partial charge on any atom is 0.433 e. The van der Waals surface area contributed by atoms with E-state index in [4.69, 9.17) is 4.42 Å². The fourth-order valence-corrected chi connectivity index (χ4v) is 4.86. The van der Waals surface area contributed by atoms with Gasteiger partial charge in [0.05, 0.1) is 5.75 Å². The van der Waals surface area contributed by atoms with Crippen LogP contribution in [0.5, 0.6) is 0 Å². The van der Waals surface area contributed by atoms with E-state index in [1.807, 2.05) is 23.1 Å². The fourth-order valence-electron chi connectivity index (χ4n) is 4.11. The average Bonchev–Trinajstić information content (AvgIpc) is 3.37. The first-order valence-corrected chi connectivity index (χ1v) is 12.9. The molecule has 11 heteroatoms. The van der Waals surface area contributed by atoms with Gasteiger partial charge in [-0.1, -0.05) is 37.1 Å². The van der Waals surface area contributed by atoms with Crippen molar-refractivity contribution in [3.8, 4) is 0 Å². The van der Waals surface area contributed by atoms with E-state index in [1.54, 1.807) is 25.4 Å². The Balaban J connectivity index is 1.38. The van der Waals surface area contributed by atoms with Gasteiger partial charge >= 0.3 is 6.18 Å². The number of hydrogen-bond acceptors (Lipinski definition) is 7. The van der Waals surface area contributed by atoms with Gasteiger partial charge in [-0.2, -0.15) is 13.2 Å². The first-order valence-electron chi connectivity index (χ1n) is 11.9. The first kappa shape index (κ1) is 26.0. The van der Waals surface area contributed by atoms with Crippen molar-refractivity contribution in [2.75, 3.05) is 18.5 Å². The largest absolute Gasteiger partial charge is 0.455 e. The number of thioether (sulfide) groups is 1. The lowest BCUT2D eigenvalue weighted by molar-refractivity contribution is -0.141. The highest BCUT2D eigenvalue weighted by Crippen LogP contribution is 2.34. The van der Waals surface area contributed by atoms with Gasteiger partial charge in [0.25, 0.3) is 5.91 Å². The van der Waals surface area contributed by atoms with Gasteiger partial charge in [-0.25, -0.2) is 9.97 Å². The van der Waals surface area contributed by atoms with E-state index in [0.717, 1.165) is 55.6 Å². The monoisotopic (exact) mass is 519 g/mol. The number of pyridine rings is 1. The van der Waals surface area contributed by atoms with Crippen molar-refractivity contribution < 1.29 is 22.4 Å². The minimum absolute atomic E-state index is 0.0141. The molecule has 0 spiro atoms. The predicted molar refractivity (Wildman–Crippen MR) is 131 cm³/mol. The zero-order valence-electron chi connectivity index (χ0n) is 19.9. The number of rotatable bonds is 9. The topological polar surface area (TPSA) is 84.2 Å². The molecular formula is C25H28F3N5O2S. The summed E-state index contributed by atoms with van der Waals surface area (Å²) in [4.78, 5) is 26.5. The molecule has 4 rings (SSSR count). The summed E-state index contributed by atoms with van der Waals surface area (Å²) in [6.07, 6.45) is 2.84. The summed E-state index contributed by atoms with van der Waals surface area (Å²) >= 11 is 1.04. The second-order valence-corrected chi connectivity index (χ2v) is 9.62. The number of carbonyl (C=O) groups is 1. The molecular weight excluding hydrogens is 491 g/mol. The third-order valence-corrected chi connectivity index (χ3v) is 6.96. The van der Waals surface area contributed by atoms with Gasteiger partial charge in [0.1, 0.15) is 11.6 Å². The van der Waals surface area contributed by atoms with Crippen molar-refractivity contribution in [1.82, 2.24) is 20.3 Å². The van der Waals surface area contributed by atoms with Gasteiger partial charge in [0.15, 0.2) is 16.6 Å². The molecule has 0 saturated heterocycles. The number of nitrogens with one attached hydrogen (secondary N) is 1. The Kier molecular flexibility index (Phi) is 8.50. The van der Waals surface area contributed by atoms with Gasteiger partial charge in [-0.05, 0) is 37.1 Å². The van der Waals surface area contributed by atoms with Crippen molar-refractivity contribution in [3.05, 3.63) is 65.5 Å². The highest BCUT2D eigenvalue weighted by molar-refractivity contribution is 7.98. The Morgan fingerprint density at radius 3 is 2.69 bits per heavy atom. The lowest BCUT2D eigenvalue weighted by Crippen LogP contribution is -2.34. The minimum Gasteiger partial charge on any atom is -0.455 e. The van der Waals surface area contributed by atoms with E-state index in [9.17, 15) is 18.0 Å². The van der Waals surface area contributed by atoms with E-state index >= 15 is 0 Å². The molecule has 0 aliphatic heterocycles. The number of hydrogen-bond donors (Lipinski definition) is 1. The van der Waals surface area contributed by atoms with Gasteiger partial charge in [0.2, 0.25) is 0 Å². The van der Waals surface area contributed by atoms with Gasteiger partial charge in [-0.15, -0.1) is 0 Å². The number of nitrogens with zero attached hydrogens (tertiary/aromatic N) is 4. The normalized spacial score (nSPS) is 14.6. The Morgan fingerprint density at radius 1 is 1.17 bits per heavy atom. The van der Waals surface area contributed by atoms with Crippen molar-refractivity contribution in [2.24, 2.45) is 0 Å². The van der Waals surface area contributed by atoms with Gasteiger partial charge in [-0.3, -0.25) is 9.78 Å². The number of amides is 1. The fraction of sp³-hybridized carbons (Fsp3) is 0.440. The summed E-state index contributed by atoms with van der Waals surface area (Å²) in [7, 11) is 1.79. The number of carbonyl (C=O) groups excluding carboxylic acids is 1. The molecule has 1 amide bonds. The molecule has 3 aromatic heterocycles. The summed E-state index contributed by atoms with van der Waals surface area (Å²) in [5.74, 6) is 0.662. The van der Waals surface area contributed by atoms with E-state index in [2.05, 4.69) is 20.3 Å². The SMILES string of the molecule is CN(c1cc(C(F)(F)F)nc(SCc2ccc(C(=O)NCCc3ccccn3)o2)n1)C1CCCCC1. The molecule has 0 aromatic carbocycles. The molecule has 0 atom stereocenters. The zero-order chi connectivity index (χ0) is 25.5. The maximum atomic E-state index is 13.5. The number of anilines is 1. The van der Waals surface area contributed by atoms with E-state index in [-0.39, 0.29) is 34.4 Å². The second-order valence-electron chi connectivity index (χ2n) is 8.68. The van der Waals surface area contributed by atoms with E-state index in [0.29, 0.717) is 18.7 Å². The Morgan fingerprint density at radius 2 is 1.97 bits per heavy atom. The third-order valence-electron chi connectivity index (χ3n) is 6.09. The van der Waals surface area contributed by atoms with E-state index < -0.39 is 11.9 Å². The summed E-state index contributed by atoms with van der Waals surface area (Å²) in [6.45, 7) is 0.399. The lowest BCUT2D eigenvalue weighted by Gasteiger charge is -2.32. The minimum atomic E-state index is -4.58. The van der Waals surface area contributed by atoms with E-state index in [1.165, 1.54) is 0 Å². The molecule has 1 saturated carbocycles. The van der Waals surface area contributed by atoms with Crippen LogP contribution in [-0.4, -0.2) is 40.5 Å². The van der Waals surface area contributed by atoms with Crippen LogP contribution in [0.3, 0.4) is 0 Å². The number of aromatic nitrogens is 3. The van der Waals surface area contributed by atoms with Crippen LogP contribution < -0.4 is 10.2 Å². The lowest BCUT2D eigenvalue weighted by atomic mass is 9.94. The Hall–Kier alpha value is -3.08. The van der Waals surface area contributed by atoms with Crippen LogP contribution in [0, 0.1) is 0 Å². The second kappa shape index (κ2) is 11.8. The molecule has 3 aromatic rings. The molecule has 3 heterocycles. The molecule has 36 heavy (non-hydrogen) atoms. The van der Waals surface area contributed by atoms with Crippen molar-refractivity contribution >= 4 is 23.5 Å². The Bertz CT molecular complexity index is 1150. The first-order chi connectivity index (χ1) is 17.3. The molecule has 0 bridgehead atoms. The van der Waals surface area contributed by atoms with Crippen LogP contribution in [0.1, 0.15) is 59.8 Å². The number of halogens is 3. The zero-order valence-corrected chi connectivity index (χ0v) is 20.7. The van der Waals surface area contributed by atoms with Crippen LogP contribution >= 0.6 is 11.8 Å². The maximum absolute atomic E-state index is 13.5. The third kappa shape index (κ3) is 6.99. The smallest absolute Gasteiger partial charge is 0.433 e. The number of alkyl halides is 3. The van der Waals surface area contributed by atoms with Crippen molar-refractivity contribution in [3.63, 3.8) is 0 Å². The molecule has 0 radical (unpaired) electrons. The molecule has 1 fully saturated rings. The standard InChI is InChI=1S/C25H28F3N5O2S/c1-33(18-8-3-2-4-9-18)22-15-21(25(26,27)28)31-24(32-22)36-16-19-10-11-20(35-19)23(34)30-14-12-17-7-5-6-13-29-17/h5-7,10-11,13,15,18H,2-4,8-9,12,14,16H2,1H3,(H,30,34). The highest BCUT2D eigenvalue weighted by atomic mass is 32.2. The number of furan rings is 1. The average molecular weight is 520 g/mol. The quantitative estimate of drug-likeness (QED) is 0.294. The van der Waals surface area contributed by atoms with Crippen molar-refractivity contribution in [2.45, 2.75) is 61.7 Å². The van der Waals surface area contributed by atoms with Gasteiger partial charge < -0.3 is 14.6 Å². The highest BCUT2D eigenvalue weighted by Gasteiger charge is 2.34. The summed E-state index contributed by atoms with van der Waals surface area (Å²) < 4.78 is 46.2. The molecule has 1 aliphatic carbocycles. The summed E-state index contributed by atoms with van der Waals surface area (Å²) in [5.41, 5.74) is -0.103. The molecule has 1 aliphatic rings.